The molecule has 0 aliphatic carbocycles. The van der Waals surface area contributed by atoms with Crippen LogP contribution in [0.3, 0.4) is 0 Å². The fourth-order valence-corrected chi connectivity index (χ4v) is 2.60. The molecule has 0 aliphatic heterocycles. The van der Waals surface area contributed by atoms with Crippen LogP contribution < -0.4 is 4.72 Å². The van der Waals surface area contributed by atoms with Crippen LogP contribution in [0.15, 0.2) is 23.1 Å². The predicted octanol–water partition coefficient (Wildman–Crippen LogP) is -0.0194. The fourth-order valence-electron chi connectivity index (χ4n) is 1.47. The molecule has 0 saturated heterocycles. The highest BCUT2D eigenvalue weighted by molar-refractivity contribution is 7.89. The molecule has 3 N–H and O–H groups in total. The summed E-state index contributed by atoms with van der Waals surface area (Å²) in [6, 6.07) is 5.98. The molecule has 0 saturated carbocycles. The summed E-state index contributed by atoms with van der Waals surface area (Å²) < 4.78 is 26.0. The molecule has 108 valence electrons. The molecule has 0 aromatic heterocycles. The molecule has 0 radical (unpaired) electrons. The molecule has 1 rings (SSSR count). The Bertz CT molecular complexity index is 648. The Balaban J connectivity index is 2.77. The van der Waals surface area contributed by atoms with Crippen LogP contribution in [0.1, 0.15) is 17.5 Å². The molecule has 0 fully saturated rings. The van der Waals surface area contributed by atoms with Crippen LogP contribution in [-0.2, 0) is 14.8 Å². The Hall–Kier alpha value is -1.95. The van der Waals surface area contributed by atoms with Gasteiger partial charge in [0.15, 0.2) is 6.10 Å². The first-order valence-electron chi connectivity index (χ1n) is 5.69. The Morgan fingerprint density at radius 3 is 2.65 bits per heavy atom. The molecule has 0 amide bonds. The van der Waals surface area contributed by atoms with Crippen LogP contribution in [0.25, 0.3) is 0 Å². The van der Waals surface area contributed by atoms with Crippen LogP contribution in [0, 0.1) is 18.3 Å². The lowest BCUT2D eigenvalue weighted by molar-refractivity contribution is -0.146. The van der Waals surface area contributed by atoms with Gasteiger partial charge in [-0.1, -0.05) is 0 Å². The van der Waals surface area contributed by atoms with E-state index in [2.05, 4.69) is 4.72 Å². The Morgan fingerprint density at radius 1 is 1.50 bits per heavy atom. The van der Waals surface area contributed by atoms with Gasteiger partial charge in [0, 0.05) is 6.54 Å². The zero-order valence-corrected chi connectivity index (χ0v) is 11.5. The number of aliphatic hydroxyl groups is 1. The molecule has 1 aromatic rings. The monoisotopic (exact) mass is 298 g/mol. The highest BCUT2D eigenvalue weighted by Gasteiger charge is 2.17. The lowest BCUT2D eigenvalue weighted by atomic mass is 10.1. The minimum Gasteiger partial charge on any atom is -0.479 e. The minimum atomic E-state index is -3.79. The van der Waals surface area contributed by atoms with Crippen molar-refractivity contribution in [2.45, 2.75) is 24.3 Å². The summed E-state index contributed by atoms with van der Waals surface area (Å²) in [5.41, 5.74) is 0.909. The number of carboxylic acid groups (broad SMARTS) is 1. The molecule has 1 atom stereocenters. The van der Waals surface area contributed by atoms with Crippen molar-refractivity contribution >= 4 is 16.0 Å². The van der Waals surface area contributed by atoms with Crippen LogP contribution >= 0.6 is 0 Å². The van der Waals surface area contributed by atoms with Crippen molar-refractivity contribution < 1.29 is 23.4 Å². The number of benzene rings is 1. The highest BCUT2D eigenvalue weighted by Crippen LogP contribution is 2.14. The second kappa shape index (κ2) is 6.47. The number of hydrogen-bond donors (Lipinski definition) is 3. The molecule has 0 bridgehead atoms. The van der Waals surface area contributed by atoms with E-state index >= 15 is 0 Å². The van der Waals surface area contributed by atoms with Crippen molar-refractivity contribution in [3.8, 4) is 6.07 Å². The molecule has 0 spiro atoms. The molecule has 1 unspecified atom stereocenters. The fraction of sp³-hybridized carbons (Fsp3) is 0.333. The number of rotatable bonds is 6. The van der Waals surface area contributed by atoms with E-state index in [1.54, 1.807) is 6.92 Å². The summed E-state index contributed by atoms with van der Waals surface area (Å²) in [7, 11) is -3.79. The maximum Gasteiger partial charge on any atom is 0.332 e. The zero-order valence-electron chi connectivity index (χ0n) is 10.7. The maximum atomic E-state index is 11.9. The van der Waals surface area contributed by atoms with Crippen molar-refractivity contribution in [1.82, 2.24) is 4.72 Å². The van der Waals surface area contributed by atoms with Gasteiger partial charge >= 0.3 is 5.97 Å². The Morgan fingerprint density at radius 2 is 2.15 bits per heavy atom. The third-order valence-corrected chi connectivity index (χ3v) is 4.08. The van der Waals surface area contributed by atoms with Crippen molar-refractivity contribution in [3.63, 3.8) is 0 Å². The highest BCUT2D eigenvalue weighted by atomic mass is 32.2. The van der Waals surface area contributed by atoms with Gasteiger partial charge in [-0.2, -0.15) is 5.26 Å². The van der Waals surface area contributed by atoms with Gasteiger partial charge in [0.25, 0.3) is 0 Å². The van der Waals surface area contributed by atoms with Crippen molar-refractivity contribution in [1.29, 1.82) is 5.26 Å². The largest absolute Gasteiger partial charge is 0.479 e. The number of nitriles is 1. The summed E-state index contributed by atoms with van der Waals surface area (Å²) in [5, 5.41) is 26.3. The Labute approximate surface area is 116 Å². The number of sulfonamides is 1. The molecule has 1 aromatic carbocycles. The van der Waals surface area contributed by atoms with Crippen LogP contribution in [0.2, 0.25) is 0 Å². The van der Waals surface area contributed by atoms with Crippen molar-refractivity contribution in [2.75, 3.05) is 6.54 Å². The molecular formula is C12H14N2O5S. The van der Waals surface area contributed by atoms with Gasteiger partial charge in [-0.3, -0.25) is 0 Å². The summed E-state index contributed by atoms with van der Waals surface area (Å²) in [5.74, 6) is -1.40. The minimum absolute atomic E-state index is 0.0150. The number of hydrogen-bond acceptors (Lipinski definition) is 5. The number of nitrogens with zero attached hydrogens (tertiary/aromatic N) is 1. The van der Waals surface area contributed by atoms with E-state index in [0.29, 0.717) is 11.1 Å². The summed E-state index contributed by atoms with van der Waals surface area (Å²) in [6.45, 7) is 1.42. The van der Waals surface area contributed by atoms with Gasteiger partial charge in [0.2, 0.25) is 10.0 Å². The molecule has 7 nitrogen and oxygen atoms in total. The molecule has 0 heterocycles. The van der Waals surface area contributed by atoms with Crippen LogP contribution in [0.5, 0.6) is 0 Å². The van der Waals surface area contributed by atoms with Crippen molar-refractivity contribution in [2.24, 2.45) is 0 Å². The average Bonchev–Trinajstić information content (AvgIpc) is 2.38. The first-order valence-corrected chi connectivity index (χ1v) is 7.17. The van der Waals surface area contributed by atoms with E-state index in [9.17, 15) is 13.2 Å². The molecule has 8 heteroatoms. The number of nitrogens with one attached hydrogen (secondary N) is 1. The van der Waals surface area contributed by atoms with E-state index in [-0.39, 0.29) is 17.9 Å². The first kappa shape index (κ1) is 16.1. The van der Waals surface area contributed by atoms with Crippen LogP contribution in [0.4, 0.5) is 0 Å². The number of aryl methyl sites for hydroxylation is 1. The van der Waals surface area contributed by atoms with Gasteiger partial charge in [0.1, 0.15) is 0 Å². The topological polar surface area (TPSA) is 127 Å². The van der Waals surface area contributed by atoms with Gasteiger partial charge < -0.3 is 10.2 Å². The zero-order chi connectivity index (χ0) is 15.3. The maximum absolute atomic E-state index is 11.9. The lowest BCUT2D eigenvalue weighted by Gasteiger charge is -2.09. The van der Waals surface area contributed by atoms with Gasteiger partial charge in [-0.25, -0.2) is 17.9 Å². The smallest absolute Gasteiger partial charge is 0.332 e. The number of aliphatic carboxylic acids is 1. The van der Waals surface area contributed by atoms with E-state index in [0.717, 1.165) is 0 Å². The number of carbonyl (C=O) groups is 1. The first-order chi connectivity index (χ1) is 9.27. The summed E-state index contributed by atoms with van der Waals surface area (Å²) >= 11 is 0. The van der Waals surface area contributed by atoms with E-state index < -0.39 is 22.1 Å². The second-order valence-corrected chi connectivity index (χ2v) is 5.90. The molecule has 0 aliphatic rings. The quantitative estimate of drug-likeness (QED) is 0.677. The average molecular weight is 298 g/mol. The normalized spacial score (nSPS) is 12.7. The number of aliphatic hydroxyl groups excluding tert-OH is 1. The number of carboxylic acids is 1. The lowest BCUT2D eigenvalue weighted by Crippen LogP contribution is -2.30. The SMILES string of the molecule is Cc1cc(S(=O)(=O)NCCC(O)C(=O)O)ccc1C#N. The van der Waals surface area contributed by atoms with Crippen LogP contribution in [-0.4, -0.2) is 37.2 Å². The second-order valence-electron chi connectivity index (χ2n) is 4.13. The van der Waals surface area contributed by atoms with Gasteiger partial charge in [-0.05, 0) is 37.1 Å². The van der Waals surface area contributed by atoms with E-state index in [1.807, 2.05) is 6.07 Å². The third-order valence-electron chi connectivity index (χ3n) is 2.62. The third kappa shape index (κ3) is 4.03. The van der Waals surface area contributed by atoms with E-state index in [1.165, 1.54) is 18.2 Å². The summed E-state index contributed by atoms with van der Waals surface area (Å²) in [4.78, 5) is 10.4. The summed E-state index contributed by atoms with van der Waals surface area (Å²) in [6.07, 6.45) is -1.84. The van der Waals surface area contributed by atoms with Crippen molar-refractivity contribution in [3.05, 3.63) is 29.3 Å². The van der Waals surface area contributed by atoms with Gasteiger partial charge in [0.05, 0.1) is 16.5 Å². The van der Waals surface area contributed by atoms with Gasteiger partial charge in [-0.15, -0.1) is 0 Å². The Kier molecular flexibility index (Phi) is 5.21. The predicted molar refractivity (Wildman–Crippen MR) is 69.3 cm³/mol. The molecular weight excluding hydrogens is 284 g/mol. The standard InChI is InChI=1S/C12H14N2O5S/c1-8-6-10(3-2-9(8)7-13)20(18,19)14-5-4-11(15)12(16)17/h2-3,6,11,14-15H,4-5H2,1H3,(H,16,17). The molecule has 20 heavy (non-hydrogen) atoms. The van der Waals surface area contributed by atoms with E-state index in [4.69, 9.17) is 15.5 Å².